The van der Waals surface area contributed by atoms with Gasteiger partial charge in [0.05, 0.1) is 20.3 Å². The molecule has 3 rings (SSSR count). The summed E-state index contributed by atoms with van der Waals surface area (Å²) in [4.78, 5) is 22.7. The monoisotopic (exact) mass is 371 g/mol. The summed E-state index contributed by atoms with van der Waals surface area (Å²) in [5.74, 6) is 1.48. The van der Waals surface area contributed by atoms with Gasteiger partial charge in [0.25, 0.3) is 17.7 Å². The maximum absolute atomic E-state index is 12.7. The van der Waals surface area contributed by atoms with E-state index < -0.39 is 0 Å². The zero-order valence-electron chi connectivity index (χ0n) is 15.8. The Labute approximate surface area is 159 Å². The average Bonchev–Trinajstić information content (AvgIpc) is 3.17. The van der Waals surface area contributed by atoms with Crippen LogP contribution >= 0.6 is 0 Å². The summed E-state index contributed by atoms with van der Waals surface area (Å²) in [6, 6.07) is 7.31. The average molecular weight is 371 g/mol. The summed E-state index contributed by atoms with van der Waals surface area (Å²) >= 11 is 0. The van der Waals surface area contributed by atoms with Crippen LogP contribution in [0.4, 0.5) is 0 Å². The molecule has 1 amide bonds. The molecule has 1 unspecified atom stereocenters. The molecule has 27 heavy (non-hydrogen) atoms. The quantitative estimate of drug-likeness (QED) is 0.664. The van der Waals surface area contributed by atoms with Crippen LogP contribution in [0.3, 0.4) is 0 Å². The van der Waals surface area contributed by atoms with Gasteiger partial charge >= 0.3 is 0 Å². The minimum atomic E-state index is -0.129. The van der Waals surface area contributed by atoms with Crippen molar-refractivity contribution >= 4 is 5.91 Å². The maximum atomic E-state index is 12.7. The summed E-state index contributed by atoms with van der Waals surface area (Å²) in [6.07, 6.45) is 5.83. The topological polar surface area (TPSA) is 73.8 Å². The highest BCUT2D eigenvalue weighted by molar-refractivity contribution is 5.94. The molecule has 1 aliphatic rings. The van der Waals surface area contributed by atoms with Crippen LogP contribution in [0, 0.1) is 0 Å². The van der Waals surface area contributed by atoms with Crippen LogP contribution in [0.15, 0.2) is 36.7 Å². The molecule has 0 spiro atoms. The highest BCUT2D eigenvalue weighted by Gasteiger charge is 2.29. The van der Waals surface area contributed by atoms with Gasteiger partial charge in [-0.25, -0.2) is 9.97 Å². The van der Waals surface area contributed by atoms with Gasteiger partial charge in [0.1, 0.15) is 11.9 Å². The predicted molar refractivity (Wildman–Crippen MR) is 100 cm³/mol. The number of carbonyl (C=O) groups excluding carboxylic acids is 1. The first-order valence-corrected chi connectivity index (χ1v) is 9.25. The van der Waals surface area contributed by atoms with E-state index in [4.69, 9.17) is 14.2 Å². The van der Waals surface area contributed by atoms with Crippen LogP contribution in [-0.4, -0.2) is 53.7 Å². The van der Waals surface area contributed by atoms with Gasteiger partial charge in [-0.2, -0.15) is 0 Å². The van der Waals surface area contributed by atoms with E-state index in [0.29, 0.717) is 37.0 Å². The van der Waals surface area contributed by atoms with Crippen LogP contribution in [0.1, 0.15) is 36.5 Å². The van der Waals surface area contributed by atoms with E-state index in [0.717, 1.165) is 25.0 Å². The third-order valence-corrected chi connectivity index (χ3v) is 4.40. The fraction of sp³-hybridized carbons (Fsp3) is 0.450. The number of nitrogens with zero attached hydrogens (tertiary/aromatic N) is 3. The molecule has 7 heteroatoms. The number of aromatic nitrogens is 2. The first kappa shape index (κ1) is 18.9. The number of hydrogen-bond donors (Lipinski definition) is 0. The van der Waals surface area contributed by atoms with Gasteiger partial charge < -0.3 is 19.1 Å². The van der Waals surface area contributed by atoms with Gasteiger partial charge in [0, 0.05) is 30.9 Å². The van der Waals surface area contributed by atoms with E-state index in [9.17, 15) is 4.79 Å². The first-order valence-electron chi connectivity index (χ1n) is 9.25. The normalized spacial score (nSPS) is 16.2. The molecule has 1 aliphatic heterocycles. The van der Waals surface area contributed by atoms with Gasteiger partial charge in [-0.05, 0) is 30.7 Å². The lowest BCUT2D eigenvalue weighted by Gasteiger charge is -2.17. The van der Waals surface area contributed by atoms with E-state index in [1.165, 1.54) is 7.11 Å². The van der Waals surface area contributed by atoms with Crippen molar-refractivity contribution < 1.29 is 19.0 Å². The van der Waals surface area contributed by atoms with Gasteiger partial charge in [0.15, 0.2) is 0 Å². The van der Waals surface area contributed by atoms with E-state index in [1.807, 2.05) is 24.3 Å². The lowest BCUT2D eigenvalue weighted by Crippen LogP contribution is -2.31. The third kappa shape index (κ3) is 4.87. The molecule has 0 radical (unpaired) electrons. The molecule has 144 valence electrons. The van der Waals surface area contributed by atoms with Crippen molar-refractivity contribution in [3.63, 3.8) is 0 Å². The Bertz CT molecular complexity index is 751. The number of hydrogen-bond acceptors (Lipinski definition) is 6. The number of rotatable bonds is 8. The molecule has 2 heterocycles. The van der Waals surface area contributed by atoms with E-state index in [-0.39, 0.29) is 12.0 Å². The molecule has 1 saturated heterocycles. The molecule has 0 N–H and O–H groups in total. The van der Waals surface area contributed by atoms with E-state index in [1.54, 1.807) is 17.3 Å². The van der Waals surface area contributed by atoms with Gasteiger partial charge in [-0.3, -0.25) is 4.79 Å². The van der Waals surface area contributed by atoms with Crippen molar-refractivity contribution in [2.75, 3.05) is 26.8 Å². The standard InChI is InChI=1S/C20H25N3O4/c1-3-4-13-26-16-7-5-15(6-8-16)20(24)23-12-9-17(14-23)27-19-18(25-2)21-10-11-22-19/h5-8,10-11,17H,3-4,9,12-14H2,1-2H3. The number of ether oxygens (including phenoxy) is 3. The summed E-state index contributed by atoms with van der Waals surface area (Å²) in [5.41, 5.74) is 0.649. The first-order chi connectivity index (χ1) is 13.2. The van der Waals surface area contributed by atoms with Crippen molar-refractivity contribution in [1.29, 1.82) is 0 Å². The van der Waals surface area contributed by atoms with E-state index in [2.05, 4.69) is 16.9 Å². The Kier molecular flexibility index (Phi) is 6.46. The van der Waals surface area contributed by atoms with Gasteiger partial charge in [0.2, 0.25) is 0 Å². The Morgan fingerprint density at radius 1 is 1.19 bits per heavy atom. The summed E-state index contributed by atoms with van der Waals surface area (Å²) in [5, 5.41) is 0. The highest BCUT2D eigenvalue weighted by Crippen LogP contribution is 2.24. The summed E-state index contributed by atoms with van der Waals surface area (Å²) in [6.45, 7) is 3.97. The van der Waals surface area contributed by atoms with Crippen molar-refractivity contribution in [3.8, 4) is 17.5 Å². The second-order valence-corrected chi connectivity index (χ2v) is 6.38. The fourth-order valence-corrected chi connectivity index (χ4v) is 2.91. The predicted octanol–water partition coefficient (Wildman–Crippen LogP) is 2.96. The Hall–Kier alpha value is -2.83. The van der Waals surface area contributed by atoms with E-state index >= 15 is 0 Å². The Morgan fingerprint density at radius 3 is 2.63 bits per heavy atom. The fourth-order valence-electron chi connectivity index (χ4n) is 2.91. The van der Waals surface area contributed by atoms with Crippen LogP contribution in [0.5, 0.6) is 17.5 Å². The molecular weight excluding hydrogens is 346 g/mol. The highest BCUT2D eigenvalue weighted by atomic mass is 16.5. The number of carbonyl (C=O) groups is 1. The van der Waals surface area contributed by atoms with Crippen molar-refractivity contribution in [2.45, 2.75) is 32.3 Å². The van der Waals surface area contributed by atoms with Crippen LogP contribution in [-0.2, 0) is 0 Å². The van der Waals surface area contributed by atoms with Crippen molar-refractivity contribution in [3.05, 3.63) is 42.2 Å². The van der Waals surface area contributed by atoms with Crippen LogP contribution < -0.4 is 14.2 Å². The molecule has 7 nitrogen and oxygen atoms in total. The molecule has 2 aromatic rings. The number of benzene rings is 1. The number of methoxy groups -OCH3 is 1. The smallest absolute Gasteiger partial charge is 0.278 e. The summed E-state index contributed by atoms with van der Waals surface area (Å²) in [7, 11) is 1.52. The molecule has 1 atom stereocenters. The largest absolute Gasteiger partial charge is 0.494 e. The second kappa shape index (κ2) is 9.21. The Morgan fingerprint density at radius 2 is 1.93 bits per heavy atom. The zero-order valence-corrected chi connectivity index (χ0v) is 15.8. The van der Waals surface area contributed by atoms with Crippen molar-refractivity contribution in [1.82, 2.24) is 14.9 Å². The minimum Gasteiger partial charge on any atom is -0.494 e. The lowest BCUT2D eigenvalue weighted by atomic mass is 10.2. The molecule has 0 saturated carbocycles. The number of amides is 1. The molecule has 1 aromatic carbocycles. The molecular formula is C20H25N3O4. The van der Waals surface area contributed by atoms with Gasteiger partial charge in [-0.15, -0.1) is 0 Å². The van der Waals surface area contributed by atoms with Crippen LogP contribution in [0.2, 0.25) is 0 Å². The second-order valence-electron chi connectivity index (χ2n) is 6.38. The minimum absolute atomic E-state index is 0.00711. The van der Waals surface area contributed by atoms with Gasteiger partial charge in [-0.1, -0.05) is 13.3 Å². The Balaban J connectivity index is 1.55. The summed E-state index contributed by atoms with van der Waals surface area (Å²) < 4.78 is 16.7. The SMILES string of the molecule is CCCCOc1ccc(C(=O)N2CCC(Oc3nccnc3OC)C2)cc1. The lowest BCUT2D eigenvalue weighted by molar-refractivity contribution is 0.0770. The molecule has 0 aliphatic carbocycles. The molecule has 1 fully saturated rings. The number of likely N-dealkylation sites (tertiary alicyclic amines) is 1. The molecule has 1 aromatic heterocycles. The maximum Gasteiger partial charge on any atom is 0.278 e. The molecule has 0 bridgehead atoms. The van der Waals surface area contributed by atoms with Crippen molar-refractivity contribution in [2.24, 2.45) is 0 Å². The number of unbranched alkanes of at least 4 members (excludes halogenated alkanes) is 1. The third-order valence-electron chi connectivity index (χ3n) is 4.40. The van der Waals surface area contributed by atoms with Crippen LogP contribution in [0.25, 0.3) is 0 Å². The zero-order chi connectivity index (χ0) is 19.1.